The molecular formula is C48H56N2O. The second-order valence-electron chi connectivity index (χ2n) is 17.3. The first kappa shape index (κ1) is 32.4. The van der Waals surface area contributed by atoms with Crippen LogP contribution < -0.4 is 0 Å². The van der Waals surface area contributed by atoms with Gasteiger partial charge >= 0.3 is 0 Å². The van der Waals surface area contributed by atoms with Crippen LogP contribution in [0.4, 0.5) is 0 Å². The van der Waals surface area contributed by atoms with Crippen molar-refractivity contribution >= 4 is 32.7 Å². The highest BCUT2D eigenvalue weighted by Gasteiger charge is 2.44. The number of allylic oxidation sites excluding steroid dienone is 2. The summed E-state index contributed by atoms with van der Waals surface area (Å²) in [5, 5.41) is 5.46. The molecule has 2 saturated carbocycles. The monoisotopic (exact) mass is 676 g/mol. The van der Waals surface area contributed by atoms with Crippen LogP contribution in [0.3, 0.4) is 0 Å². The number of rotatable bonds is 10. The molecule has 4 aromatic carbocycles. The van der Waals surface area contributed by atoms with Crippen LogP contribution in [-0.4, -0.2) is 60.3 Å². The van der Waals surface area contributed by atoms with E-state index in [0.29, 0.717) is 12.1 Å². The van der Waals surface area contributed by atoms with Crippen molar-refractivity contribution in [3.63, 3.8) is 0 Å². The summed E-state index contributed by atoms with van der Waals surface area (Å²) >= 11 is 0. The summed E-state index contributed by atoms with van der Waals surface area (Å²) in [6, 6.07) is 33.3. The third kappa shape index (κ3) is 5.83. The lowest BCUT2D eigenvalue weighted by Crippen LogP contribution is -2.46. The number of hydrogen-bond donors (Lipinski definition) is 0. The van der Waals surface area contributed by atoms with Crippen molar-refractivity contribution in [1.82, 2.24) is 9.80 Å². The molecule has 51 heavy (non-hydrogen) atoms. The van der Waals surface area contributed by atoms with Gasteiger partial charge in [-0.3, -0.25) is 9.80 Å². The average Bonchev–Trinajstić information content (AvgIpc) is 4.02. The minimum atomic E-state index is 0.253. The van der Waals surface area contributed by atoms with Gasteiger partial charge in [-0.15, -0.1) is 0 Å². The van der Waals surface area contributed by atoms with E-state index >= 15 is 0 Å². The Morgan fingerprint density at radius 1 is 0.529 bits per heavy atom. The van der Waals surface area contributed by atoms with Crippen LogP contribution >= 0.6 is 0 Å². The van der Waals surface area contributed by atoms with Crippen LogP contribution in [0.2, 0.25) is 0 Å². The Kier molecular flexibility index (Phi) is 8.46. The largest absolute Gasteiger partial charge is 0.372 e. The van der Waals surface area contributed by atoms with Gasteiger partial charge in [0.1, 0.15) is 0 Å². The molecule has 0 aromatic heterocycles. The molecule has 4 fully saturated rings. The van der Waals surface area contributed by atoms with Gasteiger partial charge in [0, 0.05) is 25.2 Å². The van der Waals surface area contributed by atoms with E-state index in [0.717, 1.165) is 36.8 Å². The minimum Gasteiger partial charge on any atom is -0.372 e. The molecule has 264 valence electrons. The third-order valence-electron chi connectivity index (χ3n) is 14.6. The standard InChI is InChI=1S/C48H56N2O/c1-31(45-13-7-23-49(45)29-43-37-17-21-41(27-37)47(43)39-19-15-33-9-3-5-11-35(33)25-39)51-32(2)46-14-8-24-50(46)30-44-38-18-22-42(28-38)48(44)40-20-16-34-10-4-6-12-36(34)26-40/h3-6,9-12,15-16,19-20,25-26,31-32,37-38,41-42,45-46H,7-8,13-14,17-18,21-24,27-30H2,1-2H3/t31?,32?,37?,38?,41?,42?,45-,46-/m1/s1. The quantitative estimate of drug-likeness (QED) is 0.166. The Bertz CT molecular complexity index is 1860. The summed E-state index contributed by atoms with van der Waals surface area (Å²) in [6.07, 6.45) is 13.9. The van der Waals surface area contributed by atoms with Gasteiger partial charge < -0.3 is 4.74 Å². The lowest BCUT2D eigenvalue weighted by molar-refractivity contribution is -0.0602. The summed E-state index contributed by atoms with van der Waals surface area (Å²) < 4.78 is 7.14. The van der Waals surface area contributed by atoms with E-state index in [4.69, 9.17) is 4.74 Å². The van der Waals surface area contributed by atoms with E-state index < -0.39 is 0 Å². The van der Waals surface area contributed by atoms with E-state index in [1.54, 1.807) is 22.3 Å². The summed E-state index contributed by atoms with van der Waals surface area (Å²) in [5.74, 6) is 3.06. The van der Waals surface area contributed by atoms with Crippen molar-refractivity contribution in [1.29, 1.82) is 0 Å². The number of hydrogen-bond acceptors (Lipinski definition) is 3. The zero-order valence-corrected chi connectivity index (χ0v) is 30.9. The Balaban J connectivity index is 0.847. The topological polar surface area (TPSA) is 15.7 Å². The first-order valence-corrected chi connectivity index (χ1v) is 20.6. The zero-order valence-electron chi connectivity index (χ0n) is 30.9. The van der Waals surface area contributed by atoms with Crippen LogP contribution in [0, 0.1) is 23.7 Å². The maximum Gasteiger partial charge on any atom is 0.0706 e. The third-order valence-corrected chi connectivity index (χ3v) is 14.6. The fraction of sp³-hybridized carbons (Fsp3) is 0.500. The Morgan fingerprint density at radius 3 is 1.43 bits per heavy atom. The highest BCUT2D eigenvalue weighted by molar-refractivity contribution is 5.89. The highest BCUT2D eigenvalue weighted by Crippen LogP contribution is 2.54. The van der Waals surface area contributed by atoms with E-state index in [1.165, 1.54) is 110 Å². The van der Waals surface area contributed by atoms with Crippen molar-refractivity contribution in [3.8, 4) is 0 Å². The summed E-state index contributed by atoms with van der Waals surface area (Å²) in [7, 11) is 0. The molecular weight excluding hydrogens is 621 g/mol. The van der Waals surface area contributed by atoms with E-state index in [9.17, 15) is 0 Å². The van der Waals surface area contributed by atoms with Gasteiger partial charge in [-0.25, -0.2) is 0 Å². The molecule has 2 saturated heterocycles. The molecule has 6 aliphatic rings. The molecule has 4 aromatic rings. The number of nitrogens with zero attached hydrogens (tertiary/aromatic N) is 2. The molecule has 8 atom stereocenters. The fourth-order valence-corrected chi connectivity index (χ4v) is 12.2. The van der Waals surface area contributed by atoms with Gasteiger partial charge in [-0.1, -0.05) is 72.8 Å². The van der Waals surface area contributed by atoms with Gasteiger partial charge in [0.05, 0.1) is 12.2 Å². The minimum absolute atomic E-state index is 0.253. The van der Waals surface area contributed by atoms with E-state index in [1.807, 2.05) is 0 Å². The number of benzene rings is 4. The summed E-state index contributed by atoms with van der Waals surface area (Å²) in [4.78, 5) is 5.66. The van der Waals surface area contributed by atoms with Crippen LogP contribution in [0.1, 0.15) is 89.2 Å². The van der Waals surface area contributed by atoms with E-state index in [2.05, 4.69) is 109 Å². The first-order valence-electron chi connectivity index (χ1n) is 20.6. The number of ether oxygens (including phenoxy) is 1. The normalized spacial score (nSPS) is 30.5. The molecule has 0 N–H and O–H groups in total. The Morgan fingerprint density at radius 2 is 0.961 bits per heavy atom. The molecule has 0 spiro atoms. The van der Waals surface area contributed by atoms with Crippen LogP contribution in [0.25, 0.3) is 32.7 Å². The summed E-state index contributed by atoms with van der Waals surface area (Å²) in [5.41, 5.74) is 9.89. The molecule has 0 amide bonds. The van der Waals surface area contributed by atoms with Gasteiger partial charge in [-0.2, -0.15) is 0 Å². The van der Waals surface area contributed by atoms with Crippen molar-refractivity contribution in [3.05, 3.63) is 107 Å². The molecule has 3 heteroatoms. The maximum absolute atomic E-state index is 7.14. The molecule has 0 radical (unpaired) electrons. The van der Waals surface area contributed by atoms with Crippen LogP contribution in [-0.2, 0) is 4.74 Å². The van der Waals surface area contributed by atoms with Crippen molar-refractivity contribution in [2.45, 2.75) is 102 Å². The lowest BCUT2D eigenvalue weighted by atomic mass is 9.86. The lowest BCUT2D eigenvalue weighted by Gasteiger charge is -2.37. The molecule has 4 aliphatic carbocycles. The molecule has 4 bridgehead atoms. The Labute approximate surface area is 305 Å². The second kappa shape index (κ2) is 13.3. The molecule has 6 unspecified atom stereocenters. The maximum atomic E-state index is 7.14. The number of fused-ring (bicyclic) bond motifs is 6. The van der Waals surface area contributed by atoms with Gasteiger partial charge in [-0.05, 0) is 182 Å². The second-order valence-corrected chi connectivity index (χ2v) is 17.3. The SMILES string of the molecule is CC(OC(C)[C@H]1CCCN1CC1=C(c2ccc3ccccc3c2)C2CCC1C2)[C@H]1CCCN1CC1=C(c2ccc3ccccc3c2)C2CCC1C2. The first-order chi connectivity index (χ1) is 25.1. The van der Waals surface area contributed by atoms with Gasteiger partial charge in [0.15, 0.2) is 0 Å². The predicted octanol–water partition coefficient (Wildman–Crippen LogP) is 10.8. The van der Waals surface area contributed by atoms with Crippen molar-refractivity contribution in [2.75, 3.05) is 26.2 Å². The molecule has 2 aliphatic heterocycles. The molecule has 2 heterocycles. The predicted molar refractivity (Wildman–Crippen MR) is 213 cm³/mol. The molecule has 3 nitrogen and oxygen atoms in total. The van der Waals surface area contributed by atoms with Crippen LogP contribution in [0.15, 0.2) is 96.1 Å². The zero-order chi connectivity index (χ0) is 34.1. The van der Waals surface area contributed by atoms with Crippen molar-refractivity contribution < 1.29 is 4.74 Å². The Hall–Kier alpha value is -3.24. The van der Waals surface area contributed by atoms with Crippen LogP contribution in [0.5, 0.6) is 0 Å². The summed E-state index contributed by atoms with van der Waals surface area (Å²) in [6.45, 7) is 9.49. The number of likely N-dealkylation sites (tertiary alicyclic amines) is 2. The van der Waals surface area contributed by atoms with Crippen molar-refractivity contribution in [2.24, 2.45) is 23.7 Å². The molecule has 10 rings (SSSR count). The highest BCUT2D eigenvalue weighted by atomic mass is 16.5. The van der Waals surface area contributed by atoms with Gasteiger partial charge in [0.25, 0.3) is 0 Å². The van der Waals surface area contributed by atoms with E-state index in [-0.39, 0.29) is 12.2 Å². The van der Waals surface area contributed by atoms with Gasteiger partial charge in [0.2, 0.25) is 0 Å². The smallest absolute Gasteiger partial charge is 0.0706 e. The fourth-order valence-electron chi connectivity index (χ4n) is 12.2. The average molecular weight is 677 g/mol.